The van der Waals surface area contributed by atoms with Crippen molar-refractivity contribution in [2.45, 2.75) is 45.2 Å². The van der Waals surface area contributed by atoms with Gasteiger partial charge in [-0.3, -0.25) is 0 Å². The van der Waals surface area contributed by atoms with Crippen LogP contribution >= 0.6 is 27.7 Å². The SMILES string of the molecule is CCN(CC)CCSc1cc(Br)ccc1CNC(C)C. The molecule has 20 heavy (non-hydrogen) atoms. The van der Waals surface area contributed by atoms with Gasteiger partial charge in [-0.05, 0) is 30.8 Å². The van der Waals surface area contributed by atoms with Gasteiger partial charge in [0.05, 0.1) is 0 Å². The predicted molar refractivity (Wildman–Crippen MR) is 94.6 cm³/mol. The number of hydrogen-bond acceptors (Lipinski definition) is 3. The number of benzene rings is 1. The highest BCUT2D eigenvalue weighted by atomic mass is 79.9. The number of halogens is 1. The number of thioether (sulfide) groups is 1. The van der Waals surface area contributed by atoms with Gasteiger partial charge >= 0.3 is 0 Å². The topological polar surface area (TPSA) is 15.3 Å². The highest BCUT2D eigenvalue weighted by Gasteiger charge is 2.06. The molecule has 0 aromatic heterocycles. The smallest absolute Gasteiger partial charge is 0.0218 e. The highest BCUT2D eigenvalue weighted by molar-refractivity contribution is 9.10. The Kier molecular flexibility index (Phi) is 8.85. The molecule has 0 bridgehead atoms. The van der Waals surface area contributed by atoms with Crippen LogP contribution < -0.4 is 5.32 Å². The van der Waals surface area contributed by atoms with Gasteiger partial charge in [0, 0.05) is 34.3 Å². The van der Waals surface area contributed by atoms with Crippen LogP contribution in [-0.4, -0.2) is 36.3 Å². The minimum Gasteiger partial charge on any atom is -0.310 e. The maximum atomic E-state index is 3.58. The molecule has 0 radical (unpaired) electrons. The van der Waals surface area contributed by atoms with Gasteiger partial charge in [-0.1, -0.05) is 49.7 Å². The molecular weight excluding hydrogens is 332 g/mol. The predicted octanol–water partition coefficient (Wildman–Crippen LogP) is 4.38. The lowest BCUT2D eigenvalue weighted by Gasteiger charge is -2.18. The van der Waals surface area contributed by atoms with Crippen LogP contribution in [0.25, 0.3) is 0 Å². The summed E-state index contributed by atoms with van der Waals surface area (Å²) < 4.78 is 1.16. The van der Waals surface area contributed by atoms with Crippen molar-refractivity contribution >= 4 is 27.7 Å². The van der Waals surface area contributed by atoms with E-state index in [4.69, 9.17) is 0 Å². The third kappa shape index (κ3) is 6.61. The quantitative estimate of drug-likeness (QED) is 0.659. The van der Waals surface area contributed by atoms with Crippen LogP contribution in [0.4, 0.5) is 0 Å². The van der Waals surface area contributed by atoms with Crippen LogP contribution in [0.15, 0.2) is 27.6 Å². The average Bonchev–Trinajstić information content (AvgIpc) is 2.42. The van der Waals surface area contributed by atoms with Crippen LogP contribution in [0.2, 0.25) is 0 Å². The van der Waals surface area contributed by atoms with E-state index in [0.717, 1.165) is 36.4 Å². The van der Waals surface area contributed by atoms with Crippen molar-refractivity contribution in [1.82, 2.24) is 10.2 Å². The second-order valence-electron chi connectivity index (χ2n) is 5.16. The Hall–Kier alpha value is -0.0300. The third-order valence-corrected chi connectivity index (χ3v) is 4.86. The van der Waals surface area contributed by atoms with Crippen molar-refractivity contribution in [3.05, 3.63) is 28.2 Å². The zero-order chi connectivity index (χ0) is 15.0. The fourth-order valence-electron chi connectivity index (χ4n) is 1.95. The lowest BCUT2D eigenvalue weighted by Crippen LogP contribution is -2.25. The molecule has 1 rings (SSSR count). The lowest BCUT2D eigenvalue weighted by molar-refractivity contribution is 0.324. The first-order valence-corrected chi connectivity index (χ1v) is 9.21. The summed E-state index contributed by atoms with van der Waals surface area (Å²) in [4.78, 5) is 3.86. The molecule has 0 atom stereocenters. The zero-order valence-electron chi connectivity index (χ0n) is 13.1. The second kappa shape index (κ2) is 9.82. The summed E-state index contributed by atoms with van der Waals surface area (Å²) in [6.45, 7) is 13.2. The van der Waals surface area contributed by atoms with Gasteiger partial charge in [0.25, 0.3) is 0 Å². The summed E-state index contributed by atoms with van der Waals surface area (Å²) in [6, 6.07) is 7.11. The fourth-order valence-corrected chi connectivity index (χ4v) is 3.57. The molecule has 0 aliphatic carbocycles. The van der Waals surface area contributed by atoms with E-state index < -0.39 is 0 Å². The van der Waals surface area contributed by atoms with Gasteiger partial charge in [0.15, 0.2) is 0 Å². The first-order chi connectivity index (χ1) is 9.56. The molecular formula is C16H27BrN2S. The molecule has 1 aromatic rings. The van der Waals surface area contributed by atoms with Crippen LogP contribution in [-0.2, 0) is 6.54 Å². The Morgan fingerprint density at radius 2 is 1.95 bits per heavy atom. The first kappa shape index (κ1) is 18.0. The number of hydrogen-bond donors (Lipinski definition) is 1. The molecule has 0 heterocycles. The molecule has 2 nitrogen and oxygen atoms in total. The number of nitrogens with zero attached hydrogens (tertiary/aromatic N) is 1. The number of nitrogens with one attached hydrogen (secondary N) is 1. The fraction of sp³-hybridized carbons (Fsp3) is 0.625. The highest BCUT2D eigenvalue weighted by Crippen LogP contribution is 2.26. The third-order valence-electron chi connectivity index (χ3n) is 3.29. The van der Waals surface area contributed by atoms with E-state index in [1.54, 1.807) is 0 Å². The molecule has 0 unspecified atom stereocenters. The summed E-state index contributed by atoms with van der Waals surface area (Å²) in [5.74, 6) is 1.15. The normalized spacial score (nSPS) is 11.6. The van der Waals surface area contributed by atoms with Crippen molar-refractivity contribution in [2.24, 2.45) is 0 Å². The minimum atomic E-state index is 0.521. The largest absolute Gasteiger partial charge is 0.310 e. The van der Waals surface area contributed by atoms with Crippen molar-refractivity contribution in [2.75, 3.05) is 25.4 Å². The maximum absolute atomic E-state index is 3.58. The average molecular weight is 359 g/mol. The molecule has 0 aliphatic heterocycles. The zero-order valence-corrected chi connectivity index (χ0v) is 15.5. The van der Waals surface area contributed by atoms with Gasteiger partial charge in [-0.25, -0.2) is 0 Å². The van der Waals surface area contributed by atoms with E-state index in [2.05, 4.69) is 72.0 Å². The van der Waals surface area contributed by atoms with E-state index in [9.17, 15) is 0 Å². The van der Waals surface area contributed by atoms with Gasteiger partial charge in [0.1, 0.15) is 0 Å². The van der Waals surface area contributed by atoms with Gasteiger partial charge in [-0.2, -0.15) is 0 Å². The van der Waals surface area contributed by atoms with Gasteiger partial charge in [0.2, 0.25) is 0 Å². The second-order valence-corrected chi connectivity index (χ2v) is 7.22. The molecule has 0 fully saturated rings. The van der Waals surface area contributed by atoms with Crippen molar-refractivity contribution in [1.29, 1.82) is 0 Å². The Morgan fingerprint density at radius 3 is 2.55 bits per heavy atom. The Bertz CT molecular complexity index is 392. The van der Waals surface area contributed by atoms with E-state index >= 15 is 0 Å². The van der Waals surface area contributed by atoms with Crippen molar-refractivity contribution in [3.63, 3.8) is 0 Å². The molecule has 114 valence electrons. The molecule has 0 aliphatic rings. The monoisotopic (exact) mass is 358 g/mol. The molecule has 1 aromatic carbocycles. The first-order valence-electron chi connectivity index (χ1n) is 7.43. The molecule has 0 saturated heterocycles. The summed E-state index contributed by atoms with van der Waals surface area (Å²) in [5.41, 5.74) is 1.39. The molecule has 4 heteroatoms. The minimum absolute atomic E-state index is 0.521. The van der Waals surface area contributed by atoms with E-state index in [-0.39, 0.29) is 0 Å². The Labute approximate surface area is 136 Å². The van der Waals surface area contributed by atoms with E-state index in [0.29, 0.717) is 6.04 Å². The maximum Gasteiger partial charge on any atom is 0.0218 e. The van der Waals surface area contributed by atoms with Crippen molar-refractivity contribution in [3.8, 4) is 0 Å². The summed E-state index contributed by atoms with van der Waals surface area (Å²) in [5, 5.41) is 3.50. The van der Waals surface area contributed by atoms with E-state index in [1.807, 2.05) is 11.8 Å². The Balaban J connectivity index is 2.59. The molecule has 0 saturated carbocycles. The van der Waals surface area contributed by atoms with Crippen LogP contribution in [0.3, 0.4) is 0 Å². The van der Waals surface area contributed by atoms with Crippen LogP contribution in [0, 0.1) is 0 Å². The van der Waals surface area contributed by atoms with Crippen molar-refractivity contribution < 1.29 is 0 Å². The van der Waals surface area contributed by atoms with E-state index in [1.165, 1.54) is 10.5 Å². The van der Waals surface area contributed by atoms with Crippen LogP contribution in [0.1, 0.15) is 33.3 Å². The summed E-state index contributed by atoms with van der Waals surface area (Å²) in [7, 11) is 0. The molecule has 1 N–H and O–H groups in total. The molecule has 0 amide bonds. The summed E-state index contributed by atoms with van der Waals surface area (Å²) >= 11 is 5.54. The van der Waals surface area contributed by atoms with Crippen LogP contribution in [0.5, 0.6) is 0 Å². The number of rotatable bonds is 9. The van der Waals surface area contributed by atoms with Gasteiger partial charge < -0.3 is 10.2 Å². The lowest BCUT2D eigenvalue weighted by atomic mass is 10.2. The van der Waals surface area contributed by atoms with Gasteiger partial charge in [-0.15, -0.1) is 11.8 Å². The molecule has 0 spiro atoms. The standard InChI is InChI=1S/C16H27BrN2S/c1-5-19(6-2)9-10-20-16-11-15(17)8-7-14(16)12-18-13(3)4/h7-8,11,13,18H,5-6,9-10,12H2,1-4H3. The Morgan fingerprint density at radius 1 is 1.25 bits per heavy atom. The summed E-state index contributed by atoms with van der Waals surface area (Å²) in [6.07, 6.45) is 0.